The van der Waals surface area contributed by atoms with E-state index in [1.807, 2.05) is 50.2 Å². The van der Waals surface area contributed by atoms with E-state index in [1.165, 1.54) is 0 Å². The fourth-order valence-electron chi connectivity index (χ4n) is 4.53. The Morgan fingerprint density at radius 3 is 2.35 bits per heavy atom. The van der Waals surface area contributed by atoms with E-state index in [2.05, 4.69) is 4.90 Å². The fraction of sp³-hybridized carbons (Fsp3) is 0.407. The van der Waals surface area contributed by atoms with Gasteiger partial charge in [-0.15, -0.1) is 0 Å². The van der Waals surface area contributed by atoms with Gasteiger partial charge in [0.2, 0.25) is 0 Å². The number of carbonyl (C=O) groups excluding carboxylic acids is 2. The molecule has 1 atom stereocenters. The monoisotopic (exact) mass is 464 g/mol. The number of rotatable bonds is 8. The highest BCUT2D eigenvalue weighted by atomic mass is 16.5. The molecule has 0 aliphatic carbocycles. The summed E-state index contributed by atoms with van der Waals surface area (Å²) in [6.45, 7) is 8.83. The van der Waals surface area contributed by atoms with Crippen molar-refractivity contribution in [1.29, 1.82) is 0 Å². The number of aliphatic hydroxyl groups excluding tert-OH is 1. The van der Waals surface area contributed by atoms with Crippen LogP contribution >= 0.6 is 0 Å². The van der Waals surface area contributed by atoms with Gasteiger partial charge in [0, 0.05) is 31.7 Å². The molecule has 34 heavy (non-hydrogen) atoms. The Morgan fingerprint density at radius 1 is 1.03 bits per heavy atom. The topological polar surface area (TPSA) is 79.3 Å². The quantitative estimate of drug-likeness (QED) is 0.366. The van der Waals surface area contributed by atoms with Crippen LogP contribution in [0.25, 0.3) is 5.76 Å². The Morgan fingerprint density at radius 2 is 1.71 bits per heavy atom. The molecule has 2 aromatic rings. The average Bonchev–Trinajstić information content (AvgIpc) is 3.10. The van der Waals surface area contributed by atoms with Gasteiger partial charge in [-0.1, -0.05) is 42.0 Å². The molecule has 0 aromatic heterocycles. The van der Waals surface area contributed by atoms with Gasteiger partial charge in [-0.3, -0.25) is 14.5 Å². The van der Waals surface area contributed by atoms with Gasteiger partial charge >= 0.3 is 0 Å². The molecule has 2 aliphatic heterocycles. The number of ether oxygens (including phenoxy) is 2. The molecule has 0 radical (unpaired) electrons. The first-order valence-electron chi connectivity index (χ1n) is 11.9. The molecule has 2 saturated heterocycles. The van der Waals surface area contributed by atoms with Crippen LogP contribution in [-0.4, -0.2) is 72.6 Å². The third kappa shape index (κ3) is 5.16. The summed E-state index contributed by atoms with van der Waals surface area (Å²) in [5.74, 6) is -0.653. The number of amides is 1. The number of ketones is 1. The number of morpholine rings is 1. The molecule has 180 valence electrons. The number of benzene rings is 2. The second kappa shape index (κ2) is 10.8. The summed E-state index contributed by atoms with van der Waals surface area (Å²) in [6.07, 6.45) is 0.727. The summed E-state index contributed by atoms with van der Waals surface area (Å²) in [7, 11) is 0. The number of aryl methyl sites for hydroxylation is 1. The lowest BCUT2D eigenvalue weighted by atomic mass is 9.95. The molecule has 2 aliphatic rings. The highest BCUT2D eigenvalue weighted by molar-refractivity contribution is 6.46. The van der Waals surface area contributed by atoms with Gasteiger partial charge in [0.15, 0.2) is 0 Å². The van der Waals surface area contributed by atoms with E-state index in [4.69, 9.17) is 9.47 Å². The lowest BCUT2D eigenvalue weighted by molar-refractivity contribution is -0.140. The number of hydrogen-bond acceptors (Lipinski definition) is 6. The number of carbonyl (C=O) groups is 2. The van der Waals surface area contributed by atoms with E-state index in [9.17, 15) is 14.7 Å². The molecule has 7 heteroatoms. The van der Waals surface area contributed by atoms with E-state index >= 15 is 0 Å². The van der Waals surface area contributed by atoms with Crippen molar-refractivity contribution in [2.45, 2.75) is 26.3 Å². The van der Waals surface area contributed by atoms with Crippen LogP contribution in [0.3, 0.4) is 0 Å². The minimum atomic E-state index is -0.651. The maximum absolute atomic E-state index is 13.2. The van der Waals surface area contributed by atoms with Gasteiger partial charge in [-0.05, 0) is 38.0 Å². The molecule has 0 unspecified atom stereocenters. The molecular weight excluding hydrogens is 432 g/mol. The SMILES string of the molecule is CCOc1ccc([C@H]2C(=C(O)c3ccc(C)cc3)C(=O)C(=O)N2CCCN2CCOCC2)cc1. The molecule has 1 amide bonds. The number of hydrogen-bond donors (Lipinski definition) is 1. The largest absolute Gasteiger partial charge is 0.507 e. The fourth-order valence-corrected chi connectivity index (χ4v) is 4.53. The Bertz CT molecular complexity index is 1040. The second-order valence-corrected chi connectivity index (χ2v) is 8.67. The van der Waals surface area contributed by atoms with Crippen LogP contribution in [0.2, 0.25) is 0 Å². The van der Waals surface area contributed by atoms with Crippen LogP contribution in [0.5, 0.6) is 5.75 Å². The highest BCUT2D eigenvalue weighted by Crippen LogP contribution is 2.40. The van der Waals surface area contributed by atoms with E-state index < -0.39 is 17.7 Å². The number of likely N-dealkylation sites (tertiary alicyclic amines) is 1. The van der Waals surface area contributed by atoms with Crippen molar-refractivity contribution in [3.8, 4) is 5.75 Å². The van der Waals surface area contributed by atoms with Crippen LogP contribution in [0, 0.1) is 6.92 Å². The third-order valence-corrected chi connectivity index (χ3v) is 6.35. The average molecular weight is 465 g/mol. The number of nitrogens with zero attached hydrogens (tertiary/aromatic N) is 2. The van der Waals surface area contributed by atoms with Gasteiger partial charge in [-0.2, -0.15) is 0 Å². The molecule has 2 heterocycles. The van der Waals surface area contributed by atoms with Crippen LogP contribution in [-0.2, 0) is 14.3 Å². The van der Waals surface area contributed by atoms with Crippen molar-refractivity contribution in [2.24, 2.45) is 0 Å². The molecule has 4 rings (SSSR count). The first kappa shape index (κ1) is 24.0. The van der Waals surface area contributed by atoms with Crippen molar-refractivity contribution in [2.75, 3.05) is 46.0 Å². The molecule has 2 fully saturated rings. The van der Waals surface area contributed by atoms with E-state index in [0.717, 1.165) is 37.2 Å². The van der Waals surface area contributed by atoms with E-state index in [1.54, 1.807) is 17.0 Å². The molecule has 7 nitrogen and oxygen atoms in total. The van der Waals surface area contributed by atoms with E-state index in [-0.39, 0.29) is 11.3 Å². The van der Waals surface area contributed by atoms with Crippen molar-refractivity contribution in [1.82, 2.24) is 9.80 Å². The van der Waals surface area contributed by atoms with Crippen LogP contribution in [0.15, 0.2) is 54.1 Å². The Hall–Kier alpha value is -3.16. The van der Waals surface area contributed by atoms with Crippen molar-refractivity contribution >= 4 is 17.4 Å². The lowest BCUT2D eigenvalue weighted by Gasteiger charge is -2.29. The summed E-state index contributed by atoms with van der Waals surface area (Å²) >= 11 is 0. The zero-order chi connectivity index (χ0) is 24.1. The predicted octanol–water partition coefficient (Wildman–Crippen LogP) is 3.54. The summed E-state index contributed by atoms with van der Waals surface area (Å²) in [5, 5.41) is 11.2. The maximum Gasteiger partial charge on any atom is 0.295 e. The minimum Gasteiger partial charge on any atom is -0.507 e. The Labute approximate surface area is 200 Å². The minimum absolute atomic E-state index is 0.129. The highest BCUT2D eigenvalue weighted by Gasteiger charge is 2.45. The molecule has 0 saturated carbocycles. The van der Waals surface area contributed by atoms with Crippen LogP contribution in [0.1, 0.15) is 36.1 Å². The molecule has 2 aromatic carbocycles. The van der Waals surface area contributed by atoms with Crippen molar-refractivity contribution in [3.63, 3.8) is 0 Å². The Kier molecular flexibility index (Phi) is 7.65. The molecule has 0 spiro atoms. The first-order chi connectivity index (χ1) is 16.5. The second-order valence-electron chi connectivity index (χ2n) is 8.67. The van der Waals surface area contributed by atoms with Gasteiger partial charge in [0.1, 0.15) is 11.5 Å². The normalized spacial score (nSPS) is 20.6. The summed E-state index contributed by atoms with van der Waals surface area (Å²) in [4.78, 5) is 30.2. The summed E-state index contributed by atoms with van der Waals surface area (Å²) < 4.78 is 11.0. The van der Waals surface area contributed by atoms with E-state index in [0.29, 0.717) is 37.7 Å². The zero-order valence-electron chi connectivity index (χ0n) is 19.8. The van der Waals surface area contributed by atoms with Gasteiger partial charge < -0.3 is 19.5 Å². The smallest absolute Gasteiger partial charge is 0.295 e. The molecular formula is C27H32N2O5. The van der Waals surface area contributed by atoms with Gasteiger partial charge in [0.25, 0.3) is 11.7 Å². The predicted molar refractivity (Wildman–Crippen MR) is 130 cm³/mol. The van der Waals surface area contributed by atoms with Crippen LogP contribution < -0.4 is 4.74 Å². The lowest BCUT2D eigenvalue weighted by Crippen LogP contribution is -2.38. The van der Waals surface area contributed by atoms with Gasteiger partial charge in [-0.25, -0.2) is 0 Å². The first-order valence-corrected chi connectivity index (χ1v) is 11.9. The maximum atomic E-state index is 13.2. The molecule has 0 bridgehead atoms. The standard InChI is InChI=1S/C27H32N2O5/c1-3-34-22-11-9-20(10-12-22)24-23(25(30)21-7-5-19(2)6-8-21)26(31)27(32)29(24)14-4-13-28-15-17-33-18-16-28/h5-12,24,30H,3-4,13-18H2,1-2H3/t24-/m0/s1. The van der Waals surface area contributed by atoms with Crippen molar-refractivity contribution in [3.05, 3.63) is 70.8 Å². The summed E-state index contributed by atoms with van der Waals surface area (Å²) in [5.41, 5.74) is 2.46. The number of Topliss-reactive ketones (excluding diaryl/α,β-unsaturated/α-hetero) is 1. The third-order valence-electron chi connectivity index (χ3n) is 6.35. The molecule has 1 N–H and O–H groups in total. The van der Waals surface area contributed by atoms with Crippen molar-refractivity contribution < 1.29 is 24.2 Å². The van der Waals surface area contributed by atoms with Gasteiger partial charge in [0.05, 0.1) is 31.4 Å². The zero-order valence-corrected chi connectivity index (χ0v) is 19.8. The number of aliphatic hydroxyl groups is 1. The summed E-state index contributed by atoms with van der Waals surface area (Å²) in [6, 6.07) is 14.0. The van der Waals surface area contributed by atoms with Crippen LogP contribution in [0.4, 0.5) is 0 Å². The Balaban J connectivity index is 1.66.